The average Bonchev–Trinajstić information content (AvgIpc) is 2.90. The van der Waals surface area contributed by atoms with Crippen LogP contribution in [0.1, 0.15) is 43.4 Å². The molecule has 0 aliphatic heterocycles. The first-order valence-electron chi connectivity index (χ1n) is 12.4. The van der Waals surface area contributed by atoms with Gasteiger partial charge < -0.3 is 10.2 Å². The molecule has 1 N–H and O–H groups in total. The van der Waals surface area contributed by atoms with E-state index in [0.717, 1.165) is 21.0 Å². The molecule has 0 bridgehead atoms. The van der Waals surface area contributed by atoms with E-state index in [2.05, 4.69) is 5.32 Å². The topological polar surface area (TPSA) is 86.8 Å². The number of nitrogens with one attached hydrogen (secondary N) is 1. The summed E-state index contributed by atoms with van der Waals surface area (Å²) in [5.41, 5.74) is 3.09. The molecule has 7 nitrogen and oxygen atoms in total. The zero-order valence-corrected chi connectivity index (χ0v) is 23.9. The number of hydrogen-bond acceptors (Lipinski definition) is 4. The van der Waals surface area contributed by atoms with E-state index < -0.39 is 28.5 Å². The Morgan fingerprint density at radius 1 is 0.895 bits per heavy atom. The summed E-state index contributed by atoms with van der Waals surface area (Å²) in [6.45, 7) is 7.21. The summed E-state index contributed by atoms with van der Waals surface area (Å²) in [7, 11) is -2.60. The Balaban J connectivity index is 2.03. The highest BCUT2D eigenvalue weighted by molar-refractivity contribution is 7.92. The van der Waals surface area contributed by atoms with Crippen molar-refractivity contribution in [2.24, 2.45) is 0 Å². The smallest absolute Gasteiger partial charge is 0.264 e. The minimum absolute atomic E-state index is 0.0763. The van der Waals surface area contributed by atoms with Gasteiger partial charge in [-0.15, -0.1) is 0 Å². The van der Waals surface area contributed by atoms with E-state index in [9.17, 15) is 18.0 Å². The number of aryl methyl sites for hydroxylation is 1. The minimum Gasteiger partial charge on any atom is -0.357 e. The molecule has 3 aromatic carbocycles. The Morgan fingerprint density at radius 3 is 2.00 bits per heavy atom. The van der Waals surface area contributed by atoms with E-state index in [1.807, 2.05) is 32.9 Å². The van der Waals surface area contributed by atoms with Crippen molar-refractivity contribution in [3.63, 3.8) is 0 Å². The molecule has 0 heterocycles. The molecule has 0 fully saturated rings. The molecule has 202 valence electrons. The number of anilines is 1. The molecule has 3 rings (SSSR count). The molecule has 0 radical (unpaired) electrons. The van der Waals surface area contributed by atoms with Crippen LogP contribution in [-0.2, 0) is 26.2 Å². The van der Waals surface area contributed by atoms with Crippen molar-refractivity contribution >= 4 is 39.1 Å². The zero-order valence-electron chi connectivity index (χ0n) is 22.3. The van der Waals surface area contributed by atoms with Gasteiger partial charge in [0.1, 0.15) is 12.6 Å². The quantitative estimate of drug-likeness (QED) is 0.376. The summed E-state index contributed by atoms with van der Waals surface area (Å²) >= 11 is 6.01. The monoisotopic (exact) mass is 555 g/mol. The van der Waals surface area contributed by atoms with Crippen molar-refractivity contribution in [2.45, 2.75) is 51.1 Å². The number of sulfonamides is 1. The molecule has 0 aromatic heterocycles. The van der Waals surface area contributed by atoms with Gasteiger partial charge in [0.2, 0.25) is 11.8 Å². The van der Waals surface area contributed by atoms with E-state index in [0.29, 0.717) is 10.7 Å². The van der Waals surface area contributed by atoms with Gasteiger partial charge in [-0.2, -0.15) is 0 Å². The van der Waals surface area contributed by atoms with Crippen molar-refractivity contribution in [3.8, 4) is 0 Å². The van der Waals surface area contributed by atoms with Crippen LogP contribution in [0, 0.1) is 6.92 Å². The molecule has 2 amide bonds. The Labute approximate surface area is 230 Å². The van der Waals surface area contributed by atoms with Crippen molar-refractivity contribution in [2.75, 3.05) is 17.9 Å². The second-order valence-corrected chi connectivity index (χ2v) is 11.8. The summed E-state index contributed by atoms with van der Waals surface area (Å²) < 4.78 is 28.8. The molecule has 0 aliphatic rings. The molecule has 0 spiro atoms. The maximum atomic E-state index is 13.8. The Morgan fingerprint density at radius 2 is 1.47 bits per heavy atom. The second-order valence-electron chi connectivity index (χ2n) is 9.51. The summed E-state index contributed by atoms with van der Waals surface area (Å²) in [5.74, 6) is -0.614. The van der Waals surface area contributed by atoms with Crippen LogP contribution in [0.15, 0.2) is 77.7 Å². The number of likely N-dealkylation sites (N-methyl/N-ethyl adjacent to an activating group) is 1. The maximum Gasteiger partial charge on any atom is 0.264 e. The average molecular weight is 556 g/mol. The first kappa shape index (κ1) is 29.2. The number of hydrogen-bond donors (Lipinski definition) is 1. The van der Waals surface area contributed by atoms with Crippen LogP contribution in [-0.4, -0.2) is 44.8 Å². The largest absolute Gasteiger partial charge is 0.357 e. The van der Waals surface area contributed by atoms with Crippen LogP contribution in [0.4, 0.5) is 5.69 Å². The number of carbonyl (C=O) groups is 2. The Bertz CT molecular complexity index is 1360. The third kappa shape index (κ3) is 6.94. The molecule has 0 unspecified atom stereocenters. The van der Waals surface area contributed by atoms with Crippen LogP contribution in [0.2, 0.25) is 5.02 Å². The third-order valence-corrected chi connectivity index (χ3v) is 8.46. The predicted octanol–water partition coefficient (Wildman–Crippen LogP) is 5.13. The summed E-state index contributed by atoms with van der Waals surface area (Å²) in [5, 5.41) is 3.12. The normalized spacial score (nSPS) is 12.2. The molecule has 0 saturated heterocycles. The van der Waals surface area contributed by atoms with Gasteiger partial charge in [-0.05, 0) is 67.3 Å². The number of nitrogens with zero attached hydrogens (tertiary/aromatic N) is 2. The number of halogens is 1. The Kier molecular flexibility index (Phi) is 9.57. The van der Waals surface area contributed by atoms with E-state index >= 15 is 0 Å². The predicted molar refractivity (Wildman–Crippen MR) is 152 cm³/mol. The van der Waals surface area contributed by atoms with Crippen LogP contribution >= 0.6 is 11.6 Å². The number of rotatable bonds is 10. The van der Waals surface area contributed by atoms with E-state index in [-0.39, 0.29) is 23.3 Å². The number of benzene rings is 3. The van der Waals surface area contributed by atoms with Gasteiger partial charge in [0.25, 0.3) is 10.0 Å². The summed E-state index contributed by atoms with van der Waals surface area (Å²) in [4.78, 5) is 27.8. The second kappa shape index (κ2) is 12.5. The van der Waals surface area contributed by atoms with E-state index in [4.69, 9.17) is 11.6 Å². The van der Waals surface area contributed by atoms with Gasteiger partial charge in [-0.1, -0.05) is 67.4 Å². The van der Waals surface area contributed by atoms with Crippen molar-refractivity contribution < 1.29 is 18.0 Å². The molecule has 38 heavy (non-hydrogen) atoms. The lowest BCUT2D eigenvalue weighted by Crippen LogP contribution is -2.50. The summed E-state index contributed by atoms with van der Waals surface area (Å²) in [6, 6.07) is 19.7. The van der Waals surface area contributed by atoms with Gasteiger partial charge in [-0.25, -0.2) is 8.42 Å². The highest BCUT2D eigenvalue weighted by atomic mass is 35.5. The van der Waals surface area contributed by atoms with Gasteiger partial charge in [0.15, 0.2) is 0 Å². The van der Waals surface area contributed by atoms with Crippen molar-refractivity contribution in [3.05, 3.63) is 94.5 Å². The first-order chi connectivity index (χ1) is 17.9. The molecular weight excluding hydrogens is 522 g/mol. The minimum atomic E-state index is -4.09. The molecule has 0 saturated carbocycles. The van der Waals surface area contributed by atoms with Crippen LogP contribution < -0.4 is 9.62 Å². The van der Waals surface area contributed by atoms with Crippen molar-refractivity contribution in [1.82, 2.24) is 10.2 Å². The molecule has 3 aromatic rings. The van der Waals surface area contributed by atoms with E-state index in [1.165, 1.54) is 24.1 Å². The Hall–Kier alpha value is -3.36. The van der Waals surface area contributed by atoms with Crippen LogP contribution in [0.5, 0.6) is 0 Å². The lowest BCUT2D eigenvalue weighted by atomic mass is 10.0. The maximum absolute atomic E-state index is 13.8. The highest BCUT2D eigenvalue weighted by Gasteiger charge is 2.32. The fourth-order valence-corrected chi connectivity index (χ4v) is 5.51. The van der Waals surface area contributed by atoms with Gasteiger partial charge in [0, 0.05) is 18.6 Å². The van der Waals surface area contributed by atoms with Gasteiger partial charge in [0.05, 0.1) is 10.6 Å². The highest BCUT2D eigenvalue weighted by Crippen LogP contribution is 2.27. The lowest BCUT2D eigenvalue weighted by Gasteiger charge is -2.32. The number of amides is 2. The van der Waals surface area contributed by atoms with Crippen molar-refractivity contribution in [1.29, 1.82) is 0 Å². The molecule has 1 atom stereocenters. The SMILES string of the molecule is CNC(=O)[C@@H](C)N(Cc1ccc(Cl)cc1)C(=O)CN(c1ccc(C(C)C)cc1)S(=O)(=O)c1ccc(C)cc1. The van der Waals surface area contributed by atoms with Crippen LogP contribution in [0.25, 0.3) is 0 Å². The summed E-state index contributed by atoms with van der Waals surface area (Å²) in [6.07, 6.45) is 0. The molecule has 9 heteroatoms. The lowest BCUT2D eigenvalue weighted by molar-refractivity contribution is -0.139. The fraction of sp³-hybridized carbons (Fsp3) is 0.310. The first-order valence-corrected chi connectivity index (χ1v) is 14.2. The third-order valence-electron chi connectivity index (χ3n) is 6.42. The fourth-order valence-electron chi connectivity index (χ4n) is 3.97. The standard InChI is InChI=1S/C29H34ClN3O4S/c1-20(2)24-10-14-26(15-11-24)33(38(36,37)27-16-6-21(3)7-17-27)19-28(34)32(22(4)29(35)31-5)18-23-8-12-25(30)13-9-23/h6-17,20,22H,18-19H2,1-5H3,(H,31,35)/t22-/m1/s1. The van der Waals surface area contributed by atoms with Gasteiger partial charge in [-0.3, -0.25) is 13.9 Å². The van der Waals surface area contributed by atoms with E-state index in [1.54, 1.807) is 55.5 Å². The van der Waals surface area contributed by atoms with Gasteiger partial charge >= 0.3 is 0 Å². The number of carbonyl (C=O) groups excluding carboxylic acids is 2. The molecule has 0 aliphatic carbocycles. The zero-order chi connectivity index (χ0) is 28.0. The molecular formula is C29H34ClN3O4S. The van der Waals surface area contributed by atoms with Crippen LogP contribution in [0.3, 0.4) is 0 Å².